The third kappa shape index (κ3) is 2.72. The molecule has 2 atom stereocenters. The standard InChI is InChI=1S/C19H23N3O/c1-21-17-8-5-9-18(21)11-14(10-17)19(23)15-12-20-22(13-15)16-6-3-2-4-7-16/h2-4,6-7,12-14,17-18H,5,8-11H2,1H3. The second-order valence-corrected chi connectivity index (χ2v) is 6.95. The summed E-state index contributed by atoms with van der Waals surface area (Å²) in [5.41, 5.74) is 1.74. The van der Waals surface area contributed by atoms with Crippen LogP contribution in [0.1, 0.15) is 42.5 Å². The lowest BCUT2D eigenvalue weighted by molar-refractivity contribution is 0.0338. The van der Waals surface area contributed by atoms with Gasteiger partial charge in [-0.2, -0.15) is 5.10 Å². The first-order valence-corrected chi connectivity index (χ1v) is 8.58. The summed E-state index contributed by atoms with van der Waals surface area (Å²) in [6.45, 7) is 0. The van der Waals surface area contributed by atoms with E-state index in [0.717, 1.165) is 24.1 Å². The molecule has 2 fully saturated rings. The Morgan fingerprint density at radius 2 is 1.83 bits per heavy atom. The zero-order valence-corrected chi connectivity index (χ0v) is 13.6. The molecule has 4 nitrogen and oxygen atoms in total. The minimum absolute atomic E-state index is 0.162. The van der Waals surface area contributed by atoms with Crippen LogP contribution >= 0.6 is 0 Å². The summed E-state index contributed by atoms with van der Waals surface area (Å²) in [6, 6.07) is 11.1. The molecular weight excluding hydrogens is 286 g/mol. The van der Waals surface area contributed by atoms with Crippen molar-refractivity contribution < 1.29 is 4.79 Å². The van der Waals surface area contributed by atoms with E-state index in [9.17, 15) is 4.79 Å². The molecule has 0 saturated carbocycles. The van der Waals surface area contributed by atoms with Crippen molar-refractivity contribution in [2.45, 2.75) is 44.2 Å². The van der Waals surface area contributed by atoms with Crippen LogP contribution in [0.5, 0.6) is 0 Å². The van der Waals surface area contributed by atoms with Crippen LogP contribution in [0.25, 0.3) is 5.69 Å². The summed E-state index contributed by atoms with van der Waals surface area (Å²) in [4.78, 5) is 15.4. The van der Waals surface area contributed by atoms with Gasteiger partial charge in [0.1, 0.15) is 0 Å². The number of piperidine rings is 2. The molecule has 0 spiro atoms. The highest BCUT2D eigenvalue weighted by atomic mass is 16.1. The summed E-state index contributed by atoms with van der Waals surface area (Å²) in [6.07, 6.45) is 9.40. The zero-order valence-electron chi connectivity index (χ0n) is 13.6. The molecule has 2 aliphatic rings. The van der Waals surface area contributed by atoms with Crippen LogP contribution in [-0.2, 0) is 0 Å². The van der Waals surface area contributed by atoms with Crippen LogP contribution in [0.2, 0.25) is 0 Å². The van der Waals surface area contributed by atoms with E-state index in [4.69, 9.17) is 0 Å². The van der Waals surface area contributed by atoms with E-state index in [1.807, 2.05) is 36.5 Å². The first kappa shape index (κ1) is 14.6. The van der Waals surface area contributed by atoms with Gasteiger partial charge in [-0.05, 0) is 44.9 Å². The van der Waals surface area contributed by atoms with Crippen LogP contribution < -0.4 is 0 Å². The number of rotatable bonds is 3. The number of benzene rings is 1. The van der Waals surface area contributed by atoms with Crippen LogP contribution in [0.15, 0.2) is 42.7 Å². The summed E-state index contributed by atoms with van der Waals surface area (Å²) in [7, 11) is 2.22. The topological polar surface area (TPSA) is 38.1 Å². The zero-order chi connectivity index (χ0) is 15.8. The first-order valence-electron chi connectivity index (χ1n) is 8.58. The molecule has 0 amide bonds. The van der Waals surface area contributed by atoms with Gasteiger partial charge in [0.25, 0.3) is 0 Å². The molecule has 0 N–H and O–H groups in total. The number of carbonyl (C=O) groups excluding carboxylic acids is 1. The molecule has 2 aliphatic heterocycles. The number of ketones is 1. The Morgan fingerprint density at radius 1 is 1.13 bits per heavy atom. The average Bonchev–Trinajstić information content (AvgIpc) is 3.05. The van der Waals surface area contributed by atoms with Crippen LogP contribution in [0, 0.1) is 5.92 Å². The van der Waals surface area contributed by atoms with Gasteiger partial charge in [-0.1, -0.05) is 24.6 Å². The highest BCUT2D eigenvalue weighted by Gasteiger charge is 2.39. The first-order chi connectivity index (χ1) is 11.2. The van der Waals surface area contributed by atoms with E-state index in [2.05, 4.69) is 17.0 Å². The Hall–Kier alpha value is -1.94. The summed E-state index contributed by atoms with van der Waals surface area (Å²) in [5.74, 6) is 0.437. The van der Waals surface area contributed by atoms with Crippen LogP contribution in [-0.4, -0.2) is 39.6 Å². The third-order valence-electron chi connectivity index (χ3n) is 5.60. The molecule has 0 aliphatic carbocycles. The van der Waals surface area contributed by atoms with Gasteiger partial charge >= 0.3 is 0 Å². The predicted octanol–water partition coefficient (Wildman–Crippen LogP) is 3.32. The fourth-order valence-electron chi connectivity index (χ4n) is 4.24. The van der Waals surface area contributed by atoms with E-state index < -0.39 is 0 Å². The van der Waals surface area contributed by atoms with Gasteiger partial charge in [0.05, 0.1) is 17.4 Å². The number of Topliss-reactive ketones (excluding diaryl/α,β-unsaturated/α-hetero) is 1. The lowest BCUT2D eigenvalue weighted by atomic mass is 9.76. The predicted molar refractivity (Wildman–Crippen MR) is 89.8 cm³/mol. The second-order valence-electron chi connectivity index (χ2n) is 6.95. The lowest BCUT2D eigenvalue weighted by Gasteiger charge is -2.46. The minimum atomic E-state index is 0.162. The number of carbonyl (C=O) groups is 1. The second kappa shape index (κ2) is 5.93. The fraction of sp³-hybridized carbons (Fsp3) is 0.474. The fourth-order valence-corrected chi connectivity index (χ4v) is 4.24. The van der Waals surface area contributed by atoms with Crippen molar-refractivity contribution in [2.24, 2.45) is 5.92 Å². The SMILES string of the molecule is CN1C2CCCC1CC(C(=O)c1cnn(-c3ccccc3)c1)C2. The molecule has 4 heteroatoms. The Morgan fingerprint density at radius 3 is 2.52 bits per heavy atom. The number of hydrogen-bond acceptors (Lipinski definition) is 3. The quantitative estimate of drug-likeness (QED) is 0.816. The number of aromatic nitrogens is 2. The summed E-state index contributed by atoms with van der Waals surface area (Å²) < 4.78 is 1.79. The van der Waals surface area contributed by atoms with E-state index in [0.29, 0.717) is 12.1 Å². The van der Waals surface area contributed by atoms with Crippen LogP contribution in [0.3, 0.4) is 0 Å². The van der Waals surface area contributed by atoms with Crippen molar-refractivity contribution >= 4 is 5.78 Å². The van der Waals surface area contributed by atoms with Gasteiger partial charge in [0.15, 0.2) is 5.78 Å². The maximum Gasteiger partial charge on any atom is 0.169 e. The van der Waals surface area contributed by atoms with E-state index in [1.165, 1.54) is 19.3 Å². The maximum atomic E-state index is 12.9. The highest BCUT2D eigenvalue weighted by molar-refractivity contribution is 5.97. The normalized spacial score (nSPS) is 27.8. The highest BCUT2D eigenvalue weighted by Crippen LogP contribution is 2.37. The molecule has 1 aromatic carbocycles. The Kier molecular flexibility index (Phi) is 3.77. The molecule has 23 heavy (non-hydrogen) atoms. The van der Waals surface area contributed by atoms with Gasteiger partial charge in [-0.25, -0.2) is 4.68 Å². The van der Waals surface area contributed by atoms with Crippen molar-refractivity contribution in [3.63, 3.8) is 0 Å². The smallest absolute Gasteiger partial charge is 0.169 e. The molecule has 120 valence electrons. The molecule has 4 rings (SSSR count). The average molecular weight is 309 g/mol. The van der Waals surface area contributed by atoms with E-state index >= 15 is 0 Å². The summed E-state index contributed by atoms with van der Waals surface area (Å²) in [5, 5.41) is 4.37. The molecular formula is C19H23N3O. The van der Waals surface area contributed by atoms with Crippen molar-refractivity contribution in [2.75, 3.05) is 7.05 Å². The Bertz CT molecular complexity index is 680. The van der Waals surface area contributed by atoms with Gasteiger partial charge < -0.3 is 4.90 Å². The molecule has 2 unspecified atom stereocenters. The molecule has 2 bridgehead atoms. The molecule has 2 saturated heterocycles. The van der Waals surface area contributed by atoms with Crippen molar-refractivity contribution in [3.8, 4) is 5.69 Å². The Balaban J connectivity index is 1.53. The number of para-hydroxylation sites is 1. The largest absolute Gasteiger partial charge is 0.300 e. The van der Waals surface area contributed by atoms with Gasteiger partial charge in [0, 0.05) is 24.2 Å². The van der Waals surface area contributed by atoms with E-state index in [1.54, 1.807) is 10.9 Å². The minimum Gasteiger partial charge on any atom is -0.300 e. The van der Waals surface area contributed by atoms with Gasteiger partial charge in [-0.15, -0.1) is 0 Å². The van der Waals surface area contributed by atoms with Gasteiger partial charge in [0.2, 0.25) is 0 Å². The van der Waals surface area contributed by atoms with Crippen molar-refractivity contribution in [1.82, 2.24) is 14.7 Å². The number of hydrogen-bond donors (Lipinski definition) is 0. The van der Waals surface area contributed by atoms with Gasteiger partial charge in [-0.3, -0.25) is 4.79 Å². The van der Waals surface area contributed by atoms with Crippen molar-refractivity contribution in [1.29, 1.82) is 0 Å². The number of fused-ring (bicyclic) bond motifs is 2. The Labute approximate surface area is 137 Å². The molecule has 2 aromatic rings. The van der Waals surface area contributed by atoms with E-state index in [-0.39, 0.29) is 11.7 Å². The van der Waals surface area contributed by atoms with Crippen LogP contribution in [0.4, 0.5) is 0 Å². The molecule has 3 heterocycles. The van der Waals surface area contributed by atoms with Crippen molar-refractivity contribution in [3.05, 3.63) is 48.3 Å². The third-order valence-corrected chi connectivity index (χ3v) is 5.60. The molecule has 1 aromatic heterocycles. The lowest BCUT2D eigenvalue weighted by Crippen LogP contribution is -2.51. The monoisotopic (exact) mass is 309 g/mol. The maximum absolute atomic E-state index is 12.9. The number of nitrogens with zero attached hydrogens (tertiary/aromatic N) is 3. The molecule has 0 radical (unpaired) electrons. The summed E-state index contributed by atoms with van der Waals surface area (Å²) >= 11 is 0.